The van der Waals surface area contributed by atoms with Gasteiger partial charge < -0.3 is 20.1 Å². The van der Waals surface area contributed by atoms with E-state index >= 15 is 0 Å². The Kier molecular flexibility index (Phi) is 13.0. The second kappa shape index (κ2) is 14.1. The molecular formula is C20H34N2O4. The van der Waals surface area contributed by atoms with Gasteiger partial charge in [0.05, 0.1) is 5.92 Å². The first-order chi connectivity index (χ1) is 12.4. The van der Waals surface area contributed by atoms with Crippen LogP contribution in [0.2, 0.25) is 0 Å². The largest absolute Gasteiger partial charge is 0.509 e. The summed E-state index contributed by atoms with van der Waals surface area (Å²) in [6.45, 7) is 6.81. The molecule has 0 aromatic heterocycles. The lowest BCUT2D eigenvalue weighted by Crippen LogP contribution is -2.27. The molecule has 0 rings (SSSR count). The minimum Gasteiger partial charge on any atom is -0.509 e. The van der Waals surface area contributed by atoms with E-state index in [0.29, 0.717) is 19.4 Å². The number of likely N-dealkylation sites (N-methyl/N-ethyl adjacent to an activating group) is 1. The van der Waals surface area contributed by atoms with Gasteiger partial charge in [0.2, 0.25) is 5.91 Å². The van der Waals surface area contributed by atoms with Crippen LogP contribution in [0.4, 0.5) is 0 Å². The Morgan fingerprint density at radius 2 is 1.92 bits per heavy atom. The number of allylic oxidation sites excluding steroid dienone is 4. The molecule has 0 aromatic carbocycles. The van der Waals surface area contributed by atoms with Crippen molar-refractivity contribution in [1.29, 1.82) is 0 Å². The maximum absolute atomic E-state index is 12.3. The average Bonchev–Trinajstić information content (AvgIpc) is 2.61. The van der Waals surface area contributed by atoms with Crippen molar-refractivity contribution >= 4 is 11.9 Å². The lowest BCUT2D eigenvalue weighted by atomic mass is 10.0. The zero-order valence-corrected chi connectivity index (χ0v) is 16.7. The highest BCUT2D eigenvalue weighted by Crippen LogP contribution is 2.16. The molecule has 26 heavy (non-hydrogen) atoms. The Morgan fingerprint density at radius 1 is 1.23 bits per heavy atom. The number of carbonyl (C=O) groups excluding carboxylic acids is 2. The standard InChI is InChI=1S/C20H34N2O4/c1-6-8-9-11-17(7-2)20(25)26-18(16(3)23)12-13-19(24)22(5)15-10-14-21-4/h8-9,12-13,17,21,23H,6-7,10-11,14-15H2,1-5H3/b9-8?,13-12?,18-16-. The monoisotopic (exact) mass is 366 g/mol. The van der Waals surface area contributed by atoms with Gasteiger partial charge >= 0.3 is 5.97 Å². The van der Waals surface area contributed by atoms with E-state index in [2.05, 4.69) is 5.32 Å². The Hall–Kier alpha value is -2.08. The normalized spacial score (nSPS) is 13.7. The molecule has 0 fully saturated rings. The molecule has 0 radical (unpaired) electrons. The van der Waals surface area contributed by atoms with Crippen LogP contribution in [0.25, 0.3) is 0 Å². The molecule has 0 saturated heterocycles. The predicted octanol–water partition coefficient (Wildman–Crippen LogP) is 3.33. The number of nitrogens with one attached hydrogen (secondary N) is 1. The van der Waals surface area contributed by atoms with E-state index < -0.39 is 5.97 Å². The first kappa shape index (κ1) is 23.9. The fourth-order valence-electron chi connectivity index (χ4n) is 2.15. The molecule has 1 unspecified atom stereocenters. The zero-order valence-electron chi connectivity index (χ0n) is 16.7. The summed E-state index contributed by atoms with van der Waals surface area (Å²) < 4.78 is 5.31. The maximum Gasteiger partial charge on any atom is 0.314 e. The minimum atomic E-state index is -0.406. The van der Waals surface area contributed by atoms with E-state index in [-0.39, 0.29) is 23.3 Å². The second-order valence-corrected chi connectivity index (χ2v) is 6.14. The summed E-state index contributed by atoms with van der Waals surface area (Å²) in [5.74, 6) is -1.03. The summed E-state index contributed by atoms with van der Waals surface area (Å²) in [7, 11) is 3.56. The summed E-state index contributed by atoms with van der Waals surface area (Å²) >= 11 is 0. The summed E-state index contributed by atoms with van der Waals surface area (Å²) in [5, 5.41) is 12.8. The molecule has 1 amide bonds. The van der Waals surface area contributed by atoms with Gasteiger partial charge in [-0.15, -0.1) is 0 Å². The lowest BCUT2D eigenvalue weighted by molar-refractivity contribution is -0.144. The van der Waals surface area contributed by atoms with Crippen molar-refractivity contribution in [3.63, 3.8) is 0 Å². The van der Waals surface area contributed by atoms with Crippen molar-refractivity contribution in [3.8, 4) is 0 Å². The minimum absolute atomic E-state index is 0.00453. The summed E-state index contributed by atoms with van der Waals surface area (Å²) in [5.41, 5.74) is 0. The fraction of sp³-hybridized carbons (Fsp3) is 0.600. The van der Waals surface area contributed by atoms with E-state index in [9.17, 15) is 14.7 Å². The van der Waals surface area contributed by atoms with E-state index in [4.69, 9.17) is 4.74 Å². The Bertz CT molecular complexity index is 520. The molecule has 0 aliphatic heterocycles. The third kappa shape index (κ3) is 10.0. The number of aliphatic hydroxyl groups excluding tert-OH is 1. The number of ether oxygens (including phenoxy) is 1. The van der Waals surface area contributed by atoms with Gasteiger partial charge in [0.25, 0.3) is 0 Å². The lowest BCUT2D eigenvalue weighted by Gasteiger charge is -2.15. The van der Waals surface area contributed by atoms with Crippen LogP contribution in [0.15, 0.2) is 35.8 Å². The molecule has 0 spiro atoms. The first-order valence-electron chi connectivity index (χ1n) is 9.21. The van der Waals surface area contributed by atoms with Crippen molar-refractivity contribution in [2.24, 2.45) is 5.92 Å². The third-order valence-corrected chi connectivity index (χ3v) is 3.89. The molecule has 0 bridgehead atoms. The smallest absolute Gasteiger partial charge is 0.314 e. The molecule has 148 valence electrons. The molecule has 0 heterocycles. The molecule has 6 nitrogen and oxygen atoms in total. The van der Waals surface area contributed by atoms with E-state index in [1.54, 1.807) is 11.9 Å². The van der Waals surface area contributed by atoms with Crippen molar-refractivity contribution in [2.45, 2.75) is 46.5 Å². The number of hydrogen-bond acceptors (Lipinski definition) is 5. The average molecular weight is 367 g/mol. The summed E-state index contributed by atoms with van der Waals surface area (Å²) in [6.07, 6.45) is 9.61. The number of amides is 1. The van der Waals surface area contributed by atoms with Crippen LogP contribution in [0.1, 0.15) is 46.5 Å². The van der Waals surface area contributed by atoms with Crippen molar-refractivity contribution in [3.05, 3.63) is 35.8 Å². The van der Waals surface area contributed by atoms with Gasteiger partial charge in [-0.05, 0) is 52.3 Å². The van der Waals surface area contributed by atoms with Crippen LogP contribution in [-0.2, 0) is 14.3 Å². The maximum atomic E-state index is 12.3. The van der Waals surface area contributed by atoms with Crippen LogP contribution in [0.5, 0.6) is 0 Å². The van der Waals surface area contributed by atoms with Crippen LogP contribution in [0.3, 0.4) is 0 Å². The van der Waals surface area contributed by atoms with Crippen molar-refractivity contribution in [2.75, 3.05) is 27.2 Å². The Morgan fingerprint density at radius 3 is 2.46 bits per heavy atom. The van der Waals surface area contributed by atoms with Crippen molar-refractivity contribution in [1.82, 2.24) is 10.2 Å². The van der Waals surface area contributed by atoms with Gasteiger partial charge in [-0.1, -0.05) is 26.0 Å². The van der Waals surface area contributed by atoms with Gasteiger partial charge in [-0.25, -0.2) is 0 Å². The highest BCUT2D eigenvalue weighted by atomic mass is 16.5. The number of nitrogens with zero attached hydrogens (tertiary/aromatic N) is 1. The molecule has 1 atom stereocenters. The van der Waals surface area contributed by atoms with E-state index in [1.165, 1.54) is 19.1 Å². The molecule has 0 aromatic rings. The fourth-order valence-corrected chi connectivity index (χ4v) is 2.15. The second-order valence-electron chi connectivity index (χ2n) is 6.14. The van der Waals surface area contributed by atoms with Crippen molar-refractivity contribution < 1.29 is 19.4 Å². The number of carbonyl (C=O) groups is 2. The summed E-state index contributed by atoms with van der Waals surface area (Å²) in [6, 6.07) is 0. The number of aliphatic hydroxyl groups is 1. The van der Waals surface area contributed by atoms with E-state index in [1.807, 2.05) is 33.0 Å². The SMILES string of the molecule is CCC=CCC(CC)C(=O)O/C(C=CC(=O)N(C)CCCNC)=C(/C)O. The molecule has 2 N–H and O–H groups in total. The number of hydrogen-bond donors (Lipinski definition) is 2. The first-order valence-corrected chi connectivity index (χ1v) is 9.21. The summed E-state index contributed by atoms with van der Waals surface area (Å²) in [4.78, 5) is 26.0. The molecule has 0 aliphatic rings. The van der Waals surface area contributed by atoms with Gasteiger partial charge in [-0.2, -0.15) is 0 Å². The van der Waals surface area contributed by atoms with Gasteiger partial charge in [0.15, 0.2) is 5.76 Å². The highest BCUT2D eigenvalue weighted by Gasteiger charge is 2.19. The van der Waals surface area contributed by atoms with Crippen LogP contribution in [-0.4, -0.2) is 49.1 Å². The molecular weight excluding hydrogens is 332 g/mol. The topological polar surface area (TPSA) is 78.9 Å². The van der Waals surface area contributed by atoms with Gasteiger partial charge in [0, 0.05) is 19.7 Å². The molecule has 6 heteroatoms. The van der Waals surface area contributed by atoms with Crippen LogP contribution >= 0.6 is 0 Å². The van der Waals surface area contributed by atoms with E-state index in [0.717, 1.165) is 19.4 Å². The van der Waals surface area contributed by atoms with Crippen LogP contribution < -0.4 is 5.32 Å². The molecule has 0 aliphatic carbocycles. The Balaban J connectivity index is 4.83. The third-order valence-electron chi connectivity index (χ3n) is 3.89. The highest BCUT2D eigenvalue weighted by molar-refractivity contribution is 5.88. The predicted molar refractivity (Wildman–Crippen MR) is 105 cm³/mol. The number of esters is 1. The Labute approximate surface area is 157 Å². The number of rotatable bonds is 12. The molecule has 0 saturated carbocycles. The van der Waals surface area contributed by atoms with Gasteiger partial charge in [-0.3, -0.25) is 9.59 Å². The van der Waals surface area contributed by atoms with Crippen LogP contribution in [0, 0.1) is 5.92 Å². The quantitative estimate of drug-likeness (QED) is 0.138. The van der Waals surface area contributed by atoms with Gasteiger partial charge in [0.1, 0.15) is 5.76 Å². The zero-order chi connectivity index (χ0) is 19.9.